The van der Waals surface area contributed by atoms with Crippen LogP contribution in [0.25, 0.3) is 0 Å². The molecule has 6 nitrogen and oxygen atoms in total. The summed E-state index contributed by atoms with van der Waals surface area (Å²) < 4.78 is 5.48. The maximum Gasteiger partial charge on any atom is 0.305 e. The number of ether oxygens (including phenoxy) is 1. The number of rotatable bonds is 72. The lowest BCUT2D eigenvalue weighted by Crippen LogP contribution is -2.45. The van der Waals surface area contributed by atoms with Gasteiger partial charge in [0.1, 0.15) is 0 Å². The molecule has 3 N–H and O–H groups in total. The van der Waals surface area contributed by atoms with E-state index >= 15 is 0 Å². The Morgan fingerprint density at radius 2 is 0.566 bits per heavy atom. The van der Waals surface area contributed by atoms with Gasteiger partial charge in [0.25, 0.3) is 0 Å². The molecule has 2 unspecified atom stereocenters. The highest BCUT2D eigenvalue weighted by atomic mass is 16.5. The fraction of sp³-hybridized carbons (Fsp3) is 0.922. The molecule has 0 aromatic heterocycles. The minimum atomic E-state index is -0.845. The number of carbonyl (C=O) groups is 2. The standard InChI is InChI=1S/C77H149NO5/c1-3-5-7-9-11-13-15-17-18-19-20-21-22-28-31-34-37-40-43-46-49-53-57-61-65-69-75(80)74(73-79)78-76(81)70-66-62-58-54-50-47-44-41-38-35-32-29-26-24-23-25-27-30-33-36-39-42-45-48-52-56-60-64-68-72-83-77(82)71-67-63-59-55-51-16-14-12-10-8-6-4-2/h23,25,65,69,74-75,79-80H,3-22,24,26-64,66-68,70-73H2,1-2H3,(H,78,81)/b25-23-,69-65+. The lowest BCUT2D eigenvalue weighted by Gasteiger charge is -2.20. The largest absolute Gasteiger partial charge is 0.466 e. The average molecular weight is 1170 g/mol. The van der Waals surface area contributed by atoms with Crippen LogP contribution >= 0.6 is 0 Å². The maximum absolute atomic E-state index is 12.5. The summed E-state index contributed by atoms with van der Waals surface area (Å²) in [6.07, 6.45) is 92.8. The molecule has 0 heterocycles. The third-order valence-corrected chi connectivity index (χ3v) is 18.0. The maximum atomic E-state index is 12.5. The van der Waals surface area contributed by atoms with Crippen LogP contribution in [-0.4, -0.2) is 47.4 Å². The number of hydrogen-bond donors (Lipinski definition) is 3. The Morgan fingerprint density at radius 3 is 0.855 bits per heavy atom. The number of esters is 1. The van der Waals surface area contributed by atoms with E-state index in [0.29, 0.717) is 19.4 Å². The predicted molar refractivity (Wildman–Crippen MR) is 366 cm³/mol. The summed E-state index contributed by atoms with van der Waals surface area (Å²) in [5.41, 5.74) is 0. The Labute approximate surface area is 520 Å². The van der Waals surface area contributed by atoms with E-state index in [0.717, 1.165) is 38.5 Å². The van der Waals surface area contributed by atoms with Gasteiger partial charge in [-0.15, -0.1) is 0 Å². The second-order valence-electron chi connectivity index (χ2n) is 26.3. The quantitative estimate of drug-likeness (QED) is 0.0320. The SMILES string of the molecule is CCCCCCCCCCCCCCCCCCCCCCCCC/C=C/C(O)C(CO)NC(=O)CCCCCCCCCCCCCCC/C=C\CCCCCCCCCCCCCCOC(=O)CCCCCCCCCCCCCC. The second kappa shape index (κ2) is 72.8. The van der Waals surface area contributed by atoms with Crippen molar-refractivity contribution in [3.8, 4) is 0 Å². The minimum Gasteiger partial charge on any atom is -0.466 e. The van der Waals surface area contributed by atoms with E-state index in [-0.39, 0.29) is 18.5 Å². The van der Waals surface area contributed by atoms with Gasteiger partial charge in [-0.05, 0) is 57.8 Å². The number of carbonyl (C=O) groups excluding carboxylic acids is 2. The van der Waals surface area contributed by atoms with Crippen molar-refractivity contribution in [2.24, 2.45) is 0 Å². The molecular weight excluding hydrogens is 1020 g/mol. The smallest absolute Gasteiger partial charge is 0.305 e. The fourth-order valence-corrected chi connectivity index (χ4v) is 12.2. The van der Waals surface area contributed by atoms with Gasteiger partial charge in [-0.25, -0.2) is 0 Å². The molecule has 0 saturated heterocycles. The Balaban J connectivity index is 3.40. The van der Waals surface area contributed by atoms with Crippen LogP contribution in [0.4, 0.5) is 0 Å². The summed E-state index contributed by atoms with van der Waals surface area (Å²) in [6, 6.07) is -0.629. The molecule has 0 radical (unpaired) electrons. The zero-order valence-electron chi connectivity index (χ0n) is 56.5. The number of amides is 1. The molecule has 6 heteroatoms. The Kier molecular flexibility index (Phi) is 71.4. The van der Waals surface area contributed by atoms with Gasteiger partial charge < -0.3 is 20.3 Å². The van der Waals surface area contributed by atoms with Gasteiger partial charge >= 0.3 is 5.97 Å². The fourth-order valence-electron chi connectivity index (χ4n) is 12.2. The molecule has 83 heavy (non-hydrogen) atoms. The van der Waals surface area contributed by atoms with Crippen molar-refractivity contribution in [2.45, 2.75) is 443 Å². The number of allylic oxidation sites excluding steroid dienone is 3. The third kappa shape index (κ3) is 69.3. The van der Waals surface area contributed by atoms with Crippen LogP contribution in [-0.2, 0) is 14.3 Å². The molecule has 0 aliphatic heterocycles. The van der Waals surface area contributed by atoms with Crippen molar-refractivity contribution < 1.29 is 24.5 Å². The lowest BCUT2D eigenvalue weighted by atomic mass is 10.0. The van der Waals surface area contributed by atoms with E-state index < -0.39 is 12.1 Å². The Morgan fingerprint density at radius 1 is 0.325 bits per heavy atom. The van der Waals surface area contributed by atoms with Crippen molar-refractivity contribution in [1.82, 2.24) is 5.32 Å². The van der Waals surface area contributed by atoms with Crippen LogP contribution in [0.2, 0.25) is 0 Å². The Bertz CT molecular complexity index is 1300. The Hall–Kier alpha value is -1.66. The van der Waals surface area contributed by atoms with E-state index in [2.05, 4.69) is 31.3 Å². The van der Waals surface area contributed by atoms with E-state index in [9.17, 15) is 19.8 Å². The first-order valence-electron chi connectivity index (χ1n) is 38.1. The van der Waals surface area contributed by atoms with Crippen LogP contribution in [0, 0.1) is 0 Å². The molecule has 0 fully saturated rings. The molecule has 0 bridgehead atoms. The molecule has 0 aromatic rings. The molecule has 492 valence electrons. The van der Waals surface area contributed by atoms with Crippen LogP contribution in [0.5, 0.6) is 0 Å². The van der Waals surface area contributed by atoms with Gasteiger partial charge in [-0.2, -0.15) is 0 Å². The normalized spacial score (nSPS) is 12.6. The highest BCUT2D eigenvalue weighted by molar-refractivity contribution is 5.76. The second-order valence-corrected chi connectivity index (χ2v) is 26.3. The topological polar surface area (TPSA) is 95.9 Å². The highest BCUT2D eigenvalue weighted by Gasteiger charge is 2.18. The molecular formula is C77H149NO5. The number of aliphatic hydroxyl groups excluding tert-OH is 2. The molecule has 0 aromatic carbocycles. The van der Waals surface area contributed by atoms with Crippen molar-refractivity contribution in [1.29, 1.82) is 0 Å². The summed E-state index contributed by atoms with van der Waals surface area (Å²) in [4.78, 5) is 24.6. The zero-order valence-corrected chi connectivity index (χ0v) is 56.5. The van der Waals surface area contributed by atoms with Crippen LogP contribution in [0.1, 0.15) is 431 Å². The summed E-state index contributed by atoms with van der Waals surface area (Å²) in [5.74, 6) is -0.0442. The first-order chi connectivity index (χ1) is 41.0. The number of hydrogen-bond acceptors (Lipinski definition) is 5. The molecule has 2 atom stereocenters. The van der Waals surface area contributed by atoms with Crippen molar-refractivity contribution in [2.75, 3.05) is 13.2 Å². The van der Waals surface area contributed by atoms with Gasteiger partial charge in [0.15, 0.2) is 0 Å². The summed E-state index contributed by atoms with van der Waals surface area (Å²) in [5, 5.41) is 23.3. The summed E-state index contributed by atoms with van der Waals surface area (Å²) in [6.45, 7) is 4.95. The van der Waals surface area contributed by atoms with Gasteiger partial charge in [0, 0.05) is 12.8 Å². The van der Waals surface area contributed by atoms with Crippen LogP contribution in [0.15, 0.2) is 24.3 Å². The van der Waals surface area contributed by atoms with Gasteiger partial charge in [-0.1, -0.05) is 385 Å². The summed E-state index contributed by atoms with van der Waals surface area (Å²) >= 11 is 0. The van der Waals surface area contributed by atoms with E-state index in [1.165, 1.54) is 366 Å². The molecule has 0 rings (SSSR count). The van der Waals surface area contributed by atoms with Gasteiger partial charge in [0.2, 0.25) is 5.91 Å². The van der Waals surface area contributed by atoms with E-state index in [4.69, 9.17) is 4.74 Å². The number of aliphatic hydroxyl groups is 2. The van der Waals surface area contributed by atoms with Crippen molar-refractivity contribution >= 4 is 11.9 Å². The zero-order chi connectivity index (χ0) is 59.9. The van der Waals surface area contributed by atoms with Crippen LogP contribution in [0.3, 0.4) is 0 Å². The monoisotopic (exact) mass is 1170 g/mol. The van der Waals surface area contributed by atoms with Crippen molar-refractivity contribution in [3.05, 3.63) is 24.3 Å². The molecule has 0 aliphatic carbocycles. The van der Waals surface area contributed by atoms with Gasteiger partial charge in [-0.3, -0.25) is 9.59 Å². The highest BCUT2D eigenvalue weighted by Crippen LogP contribution is 2.19. The minimum absolute atomic E-state index is 0.0177. The van der Waals surface area contributed by atoms with Gasteiger partial charge in [0.05, 0.1) is 25.4 Å². The van der Waals surface area contributed by atoms with E-state index in [1.807, 2.05) is 6.08 Å². The predicted octanol–water partition coefficient (Wildman–Crippen LogP) is 24.9. The number of nitrogens with one attached hydrogen (secondary N) is 1. The first-order valence-corrected chi connectivity index (χ1v) is 38.1. The van der Waals surface area contributed by atoms with Crippen molar-refractivity contribution in [3.63, 3.8) is 0 Å². The lowest BCUT2D eigenvalue weighted by molar-refractivity contribution is -0.143. The molecule has 0 spiro atoms. The first kappa shape index (κ1) is 81.3. The van der Waals surface area contributed by atoms with E-state index in [1.54, 1.807) is 6.08 Å². The summed E-state index contributed by atoms with van der Waals surface area (Å²) in [7, 11) is 0. The number of unbranched alkanes of at least 4 members (excludes halogenated alkanes) is 59. The molecule has 0 aliphatic rings. The van der Waals surface area contributed by atoms with Crippen LogP contribution < -0.4 is 5.32 Å². The molecule has 1 amide bonds. The third-order valence-electron chi connectivity index (χ3n) is 18.0. The average Bonchev–Trinajstić information content (AvgIpc) is 3.49. The molecule has 0 saturated carbocycles.